The van der Waals surface area contributed by atoms with E-state index in [0.29, 0.717) is 0 Å². The van der Waals surface area contributed by atoms with Crippen LogP contribution >= 0.6 is 0 Å². The second-order valence-electron chi connectivity index (χ2n) is 16.8. The first kappa shape index (κ1) is 36.5. The van der Waals surface area contributed by atoms with Crippen LogP contribution in [0.3, 0.4) is 0 Å². The Hall–Kier alpha value is -8.18. The Kier molecular flexibility index (Phi) is 8.23. The minimum absolute atomic E-state index is 0.862. The zero-order valence-corrected chi connectivity index (χ0v) is 35.9. The summed E-state index contributed by atoms with van der Waals surface area (Å²) in [5, 5.41) is 12.4. The molecule has 0 amide bonds. The number of fused-ring (bicyclic) bond motifs is 10. The Morgan fingerprint density at radius 1 is 0.312 bits per heavy atom. The first-order chi connectivity index (χ1) is 31.8. The number of nitrogens with zero attached hydrogens (tertiary/aromatic N) is 2. The molecule has 0 aliphatic heterocycles. The molecule has 13 rings (SSSR count). The summed E-state index contributed by atoms with van der Waals surface area (Å²) in [5.74, 6) is 0. The topological polar surface area (TPSA) is 23.0 Å². The van der Waals surface area contributed by atoms with Crippen LogP contribution in [0.2, 0.25) is 0 Å². The fraction of sp³-hybridized carbons (Fsp3) is 0. The second-order valence-corrected chi connectivity index (χ2v) is 20.6. The smallest absolute Gasteiger partial charge is 0.179 e. The molecule has 0 aliphatic carbocycles. The van der Waals surface area contributed by atoms with Crippen molar-refractivity contribution in [2.75, 3.05) is 0 Å². The molecule has 0 saturated heterocycles. The van der Waals surface area contributed by atoms with Gasteiger partial charge in [-0.1, -0.05) is 200 Å². The van der Waals surface area contributed by atoms with E-state index in [1.807, 2.05) is 0 Å². The van der Waals surface area contributed by atoms with E-state index in [4.69, 9.17) is 4.42 Å². The predicted octanol–water partition coefficient (Wildman–Crippen LogP) is 12.8. The average Bonchev–Trinajstić information content (AvgIpc) is 4.03. The number of furan rings is 1. The molecular weight excluding hydrogens is 793 g/mol. The summed E-state index contributed by atoms with van der Waals surface area (Å²) < 4.78 is 11.9. The lowest BCUT2D eigenvalue weighted by molar-refractivity contribution is 0.669. The Bertz CT molecular complexity index is 3810. The number of hydrogen-bond acceptors (Lipinski definition) is 1. The molecule has 3 aromatic heterocycles. The van der Waals surface area contributed by atoms with Gasteiger partial charge in [0.25, 0.3) is 0 Å². The fourth-order valence-electron chi connectivity index (χ4n) is 10.8. The van der Waals surface area contributed by atoms with Gasteiger partial charge in [-0.3, -0.25) is 0 Å². The Morgan fingerprint density at radius 3 is 1.45 bits per heavy atom. The van der Waals surface area contributed by atoms with Gasteiger partial charge in [0.1, 0.15) is 11.2 Å². The highest BCUT2D eigenvalue weighted by molar-refractivity contribution is 7.20. The second kappa shape index (κ2) is 14.5. The molecule has 0 bridgehead atoms. The standard InChI is InChI=1S/C60H40N2OSi/c1-4-20-41(21-5-1)42-22-18-28-46(38-42)64(44-24-6-2-7-25-44,45-26-8-3-9-27-45)47-29-19-23-43(39-47)61-54-36-16-12-32-50(54)58-55(40-57-59(60(58)61)51-33-13-17-37-56(51)63-57)62-52-34-14-10-30-48(52)49-31-11-15-35-53(49)62/h1-40H. The third-order valence-corrected chi connectivity index (χ3v) is 18.2. The van der Waals surface area contributed by atoms with Crippen molar-refractivity contribution in [3.05, 3.63) is 243 Å². The largest absolute Gasteiger partial charge is 0.456 e. The van der Waals surface area contributed by atoms with Gasteiger partial charge in [0.2, 0.25) is 0 Å². The molecule has 0 N–H and O–H groups in total. The Labute approximate surface area is 371 Å². The maximum absolute atomic E-state index is 6.89. The van der Waals surface area contributed by atoms with Crippen molar-refractivity contribution in [2.24, 2.45) is 0 Å². The lowest BCUT2D eigenvalue weighted by atomic mass is 10.1. The molecule has 10 aromatic carbocycles. The third kappa shape index (κ3) is 5.33. The van der Waals surface area contributed by atoms with Crippen LogP contribution in [0.4, 0.5) is 0 Å². The summed E-state index contributed by atoms with van der Waals surface area (Å²) in [4.78, 5) is 0. The summed E-state index contributed by atoms with van der Waals surface area (Å²) in [6.07, 6.45) is 0. The highest BCUT2D eigenvalue weighted by atomic mass is 28.3. The van der Waals surface area contributed by atoms with Crippen LogP contribution in [0, 0.1) is 0 Å². The number of benzene rings is 10. The molecule has 4 heteroatoms. The van der Waals surface area contributed by atoms with E-state index in [1.54, 1.807) is 0 Å². The molecule has 0 fully saturated rings. The van der Waals surface area contributed by atoms with Crippen molar-refractivity contribution in [1.82, 2.24) is 9.13 Å². The summed E-state index contributed by atoms with van der Waals surface area (Å²) in [6, 6.07) is 89.3. The first-order valence-corrected chi connectivity index (χ1v) is 24.0. The summed E-state index contributed by atoms with van der Waals surface area (Å²) in [5.41, 5.74) is 11.0. The molecule has 3 heterocycles. The lowest BCUT2D eigenvalue weighted by Crippen LogP contribution is -2.74. The van der Waals surface area contributed by atoms with E-state index in [-0.39, 0.29) is 0 Å². The van der Waals surface area contributed by atoms with E-state index >= 15 is 0 Å². The number of para-hydroxylation sites is 4. The van der Waals surface area contributed by atoms with Crippen molar-refractivity contribution in [2.45, 2.75) is 0 Å². The lowest BCUT2D eigenvalue weighted by Gasteiger charge is -2.35. The summed E-state index contributed by atoms with van der Waals surface area (Å²) in [6.45, 7) is 0. The molecule has 0 spiro atoms. The van der Waals surface area contributed by atoms with Crippen LogP contribution in [-0.2, 0) is 0 Å². The van der Waals surface area contributed by atoms with E-state index < -0.39 is 8.07 Å². The zero-order valence-electron chi connectivity index (χ0n) is 34.9. The maximum atomic E-state index is 6.89. The highest BCUT2D eigenvalue weighted by Gasteiger charge is 2.42. The fourth-order valence-corrected chi connectivity index (χ4v) is 15.6. The molecular formula is C60H40N2OSi. The average molecular weight is 833 g/mol. The van der Waals surface area contributed by atoms with Crippen LogP contribution in [-0.4, -0.2) is 17.2 Å². The molecule has 13 aromatic rings. The van der Waals surface area contributed by atoms with Crippen LogP contribution in [0.1, 0.15) is 0 Å². The molecule has 300 valence electrons. The third-order valence-electron chi connectivity index (χ3n) is 13.4. The molecule has 64 heavy (non-hydrogen) atoms. The minimum Gasteiger partial charge on any atom is -0.456 e. The van der Waals surface area contributed by atoms with Crippen molar-refractivity contribution in [3.63, 3.8) is 0 Å². The minimum atomic E-state index is -2.98. The number of hydrogen-bond donors (Lipinski definition) is 0. The van der Waals surface area contributed by atoms with E-state index in [2.05, 4.69) is 252 Å². The summed E-state index contributed by atoms with van der Waals surface area (Å²) in [7, 11) is -2.98. The predicted molar refractivity (Wildman–Crippen MR) is 271 cm³/mol. The van der Waals surface area contributed by atoms with Gasteiger partial charge in [-0.25, -0.2) is 0 Å². The molecule has 3 nitrogen and oxygen atoms in total. The van der Waals surface area contributed by atoms with Crippen molar-refractivity contribution < 1.29 is 4.42 Å². The van der Waals surface area contributed by atoms with Crippen LogP contribution in [0.15, 0.2) is 247 Å². The maximum Gasteiger partial charge on any atom is 0.179 e. The van der Waals surface area contributed by atoms with E-state index in [9.17, 15) is 0 Å². The van der Waals surface area contributed by atoms with Gasteiger partial charge in [-0.15, -0.1) is 0 Å². The van der Waals surface area contributed by atoms with Crippen LogP contribution in [0.5, 0.6) is 0 Å². The van der Waals surface area contributed by atoms with Crippen LogP contribution < -0.4 is 20.7 Å². The SMILES string of the molecule is c1ccc(-c2cccc([Si](c3ccccc3)(c3ccccc3)c3cccc(-n4c5ccccc5c5c(-n6c7ccccc7c7ccccc76)cc6oc7ccccc7c6c54)c3)c2)cc1. The van der Waals surface area contributed by atoms with Crippen molar-refractivity contribution >= 4 is 94.4 Å². The van der Waals surface area contributed by atoms with Crippen molar-refractivity contribution in [3.8, 4) is 22.5 Å². The first-order valence-electron chi connectivity index (χ1n) is 22.0. The van der Waals surface area contributed by atoms with Gasteiger partial charge in [-0.2, -0.15) is 0 Å². The normalized spacial score (nSPS) is 12.1. The summed E-state index contributed by atoms with van der Waals surface area (Å²) >= 11 is 0. The molecule has 0 aliphatic rings. The van der Waals surface area contributed by atoms with Gasteiger partial charge < -0.3 is 13.6 Å². The Morgan fingerprint density at radius 2 is 0.797 bits per heavy atom. The van der Waals surface area contributed by atoms with Gasteiger partial charge >= 0.3 is 0 Å². The Balaban J connectivity index is 1.17. The highest BCUT2D eigenvalue weighted by Crippen LogP contribution is 2.45. The van der Waals surface area contributed by atoms with Crippen molar-refractivity contribution in [1.29, 1.82) is 0 Å². The quantitative estimate of drug-likeness (QED) is 0.116. The zero-order chi connectivity index (χ0) is 42.2. The monoisotopic (exact) mass is 832 g/mol. The van der Waals surface area contributed by atoms with E-state index in [1.165, 1.54) is 64.5 Å². The van der Waals surface area contributed by atoms with Gasteiger partial charge in [0.15, 0.2) is 8.07 Å². The van der Waals surface area contributed by atoms with Gasteiger partial charge in [0.05, 0.1) is 33.1 Å². The van der Waals surface area contributed by atoms with Crippen LogP contribution in [0.25, 0.3) is 88.1 Å². The number of rotatable bonds is 7. The molecule has 0 unspecified atom stereocenters. The van der Waals surface area contributed by atoms with Gasteiger partial charge in [-0.05, 0) is 68.3 Å². The molecule has 0 saturated carbocycles. The van der Waals surface area contributed by atoms with E-state index in [0.717, 1.165) is 44.3 Å². The molecule has 0 radical (unpaired) electrons. The molecule has 0 atom stereocenters. The number of aromatic nitrogens is 2. The van der Waals surface area contributed by atoms with Gasteiger partial charge in [0, 0.05) is 38.7 Å².